The van der Waals surface area contributed by atoms with Crippen molar-refractivity contribution in [3.63, 3.8) is 0 Å². The van der Waals surface area contributed by atoms with Crippen LogP contribution < -0.4 is 5.32 Å². The Hall–Kier alpha value is -1.62. The molecule has 1 saturated carbocycles. The molecule has 0 radical (unpaired) electrons. The molecule has 0 atom stereocenters. The number of fused-ring (bicyclic) bond motifs is 2. The smallest absolute Gasteiger partial charge is 0.272 e. The second-order valence-electron chi connectivity index (χ2n) is 8.29. The Bertz CT molecular complexity index is 809. The first-order valence-corrected chi connectivity index (χ1v) is 9.84. The lowest BCUT2D eigenvalue weighted by atomic mass is 9.69. The molecule has 1 aromatic carbocycles. The van der Waals surface area contributed by atoms with Gasteiger partial charge in [0.2, 0.25) is 0 Å². The molecule has 5 heteroatoms. The summed E-state index contributed by atoms with van der Waals surface area (Å²) in [5.41, 5.74) is 3.86. The lowest BCUT2D eigenvalue weighted by molar-refractivity contribution is 0.0912. The molecule has 2 aromatic rings. The molecule has 4 nitrogen and oxygen atoms in total. The van der Waals surface area contributed by atoms with Crippen molar-refractivity contribution in [2.75, 3.05) is 0 Å². The molecule has 1 N–H and O–H groups in total. The van der Waals surface area contributed by atoms with Gasteiger partial charge in [-0.25, -0.2) is 4.68 Å². The van der Waals surface area contributed by atoms with Crippen molar-refractivity contribution in [3.05, 3.63) is 45.7 Å². The lowest BCUT2D eigenvalue weighted by Crippen LogP contribution is -2.41. The number of carbonyl (C=O) groups is 1. The van der Waals surface area contributed by atoms with Crippen LogP contribution in [-0.2, 0) is 0 Å². The summed E-state index contributed by atoms with van der Waals surface area (Å²) >= 11 is 3.49. The summed E-state index contributed by atoms with van der Waals surface area (Å²) < 4.78 is 3.07. The van der Waals surface area contributed by atoms with Gasteiger partial charge in [0.05, 0.1) is 11.4 Å². The van der Waals surface area contributed by atoms with Crippen LogP contribution in [0.1, 0.15) is 80.0 Å². The first kappa shape index (κ1) is 16.8. The molecule has 5 rings (SSSR count). The number of halogens is 1. The molecule has 25 heavy (non-hydrogen) atoms. The molecule has 3 aliphatic carbocycles. The summed E-state index contributed by atoms with van der Waals surface area (Å²) in [6.07, 6.45) is 4.78. The predicted octanol–water partition coefficient (Wildman–Crippen LogP) is 4.92. The molecular weight excluding hydrogens is 378 g/mol. The lowest BCUT2D eigenvalue weighted by Gasteiger charge is -2.36. The van der Waals surface area contributed by atoms with E-state index in [-0.39, 0.29) is 11.4 Å². The Kier molecular flexibility index (Phi) is 4.02. The molecule has 1 heterocycles. The molecule has 1 fully saturated rings. The highest BCUT2D eigenvalue weighted by Crippen LogP contribution is 2.51. The molecule has 2 bridgehead atoms. The van der Waals surface area contributed by atoms with Crippen molar-refractivity contribution < 1.29 is 4.79 Å². The Labute approximate surface area is 157 Å². The summed E-state index contributed by atoms with van der Waals surface area (Å²) in [5.74, 6) is 0.949. The summed E-state index contributed by atoms with van der Waals surface area (Å²) in [6.45, 7) is 6.03. The Morgan fingerprint density at radius 3 is 2.32 bits per heavy atom. The monoisotopic (exact) mass is 401 g/mol. The van der Waals surface area contributed by atoms with E-state index >= 15 is 0 Å². The minimum absolute atomic E-state index is 0.0489. The number of nitrogens with zero attached hydrogens (tertiary/aromatic N) is 2. The van der Waals surface area contributed by atoms with Crippen molar-refractivity contribution in [1.82, 2.24) is 15.1 Å². The van der Waals surface area contributed by atoms with Gasteiger partial charge in [0, 0.05) is 21.5 Å². The van der Waals surface area contributed by atoms with Gasteiger partial charge < -0.3 is 5.32 Å². The van der Waals surface area contributed by atoms with Crippen LogP contribution in [0.2, 0.25) is 0 Å². The summed E-state index contributed by atoms with van der Waals surface area (Å²) in [5, 5.41) is 7.90. The van der Waals surface area contributed by atoms with Crippen LogP contribution in [0, 0.1) is 0 Å². The first-order valence-electron chi connectivity index (χ1n) is 9.05. The minimum Gasteiger partial charge on any atom is -0.346 e. The van der Waals surface area contributed by atoms with Gasteiger partial charge in [0.15, 0.2) is 5.69 Å². The maximum absolute atomic E-state index is 12.9. The zero-order valence-corrected chi connectivity index (χ0v) is 16.6. The topological polar surface area (TPSA) is 46.9 Å². The predicted molar refractivity (Wildman–Crippen MR) is 102 cm³/mol. The van der Waals surface area contributed by atoms with Crippen LogP contribution in [0.4, 0.5) is 0 Å². The van der Waals surface area contributed by atoms with Crippen molar-refractivity contribution in [2.45, 2.75) is 63.8 Å². The molecule has 0 spiro atoms. The largest absolute Gasteiger partial charge is 0.346 e. The van der Waals surface area contributed by atoms with Crippen molar-refractivity contribution in [2.24, 2.45) is 0 Å². The fourth-order valence-electron chi connectivity index (χ4n) is 4.24. The van der Waals surface area contributed by atoms with Gasteiger partial charge in [0.25, 0.3) is 5.91 Å². The third kappa shape index (κ3) is 3.03. The maximum Gasteiger partial charge on any atom is 0.272 e. The van der Waals surface area contributed by atoms with Crippen molar-refractivity contribution >= 4 is 21.8 Å². The van der Waals surface area contributed by atoms with Gasteiger partial charge in [-0.15, -0.1) is 0 Å². The third-order valence-electron chi connectivity index (χ3n) is 5.26. The normalized spacial score (nSPS) is 21.9. The SMILES string of the molecule is CC(C)(C)NC(=O)c1nn(-c2ccc(Br)cc2)c2c1C1CCC2CC1. The van der Waals surface area contributed by atoms with E-state index in [0.717, 1.165) is 10.2 Å². The standard InChI is InChI=1S/C20H24BrN3O/c1-20(2,3)22-19(25)17-16-12-4-6-13(7-5-12)18(16)24(23-17)15-10-8-14(21)9-11-15/h8-13H,4-7H2,1-3H3,(H,22,25). The molecular formula is C20H24BrN3O. The van der Waals surface area contributed by atoms with E-state index in [9.17, 15) is 4.79 Å². The van der Waals surface area contributed by atoms with E-state index in [0.29, 0.717) is 17.5 Å². The minimum atomic E-state index is -0.265. The summed E-state index contributed by atoms with van der Waals surface area (Å²) in [6, 6.07) is 8.18. The fraction of sp³-hybridized carbons (Fsp3) is 0.500. The third-order valence-corrected chi connectivity index (χ3v) is 5.78. The maximum atomic E-state index is 12.9. The van der Waals surface area contributed by atoms with E-state index in [1.165, 1.54) is 36.9 Å². The average Bonchev–Trinajstić information content (AvgIpc) is 2.98. The number of rotatable bonds is 2. The molecule has 132 valence electrons. The molecule has 1 aromatic heterocycles. The fourth-order valence-corrected chi connectivity index (χ4v) is 4.50. The van der Waals surface area contributed by atoms with Crippen LogP contribution in [0.5, 0.6) is 0 Å². The van der Waals surface area contributed by atoms with Gasteiger partial charge in [-0.1, -0.05) is 15.9 Å². The van der Waals surface area contributed by atoms with E-state index in [1.54, 1.807) is 0 Å². The van der Waals surface area contributed by atoms with Crippen molar-refractivity contribution in [1.29, 1.82) is 0 Å². The molecule has 0 aliphatic heterocycles. The Morgan fingerprint density at radius 2 is 1.72 bits per heavy atom. The Balaban J connectivity index is 1.85. The summed E-state index contributed by atoms with van der Waals surface area (Å²) in [4.78, 5) is 12.9. The van der Waals surface area contributed by atoms with Crippen LogP contribution >= 0.6 is 15.9 Å². The number of carbonyl (C=O) groups excluding carboxylic acids is 1. The number of benzene rings is 1. The number of amides is 1. The Morgan fingerprint density at radius 1 is 1.12 bits per heavy atom. The average molecular weight is 402 g/mol. The highest BCUT2D eigenvalue weighted by molar-refractivity contribution is 9.10. The number of hydrogen-bond acceptors (Lipinski definition) is 2. The van der Waals surface area contributed by atoms with Gasteiger partial charge in [-0.05, 0) is 76.6 Å². The second-order valence-corrected chi connectivity index (χ2v) is 9.20. The molecule has 0 saturated heterocycles. The van der Waals surface area contributed by atoms with E-state index < -0.39 is 0 Å². The van der Waals surface area contributed by atoms with E-state index in [1.807, 2.05) is 37.6 Å². The number of nitrogens with one attached hydrogen (secondary N) is 1. The summed E-state index contributed by atoms with van der Waals surface area (Å²) in [7, 11) is 0. The highest BCUT2D eigenvalue weighted by Gasteiger charge is 2.40. The van der Waals surface area contributed by atoms with Crippen LogP contribution in [0.15, 0.2) is 28.7 Å². The van der Waals surface area contributed by atoms with Crippen LogP contribution in [0.3, 0.4) is 0 Å². The van der Waals surface area contributed by atoms with Crippen LogP contribution in [-0.4, -0.2) is 21.2 Å². The zero-order valence-electron chi connectivity index (χ0n) is 15.0. The second kappa shape index (κ2) is 5.97. The molecule has 0 unspecified atom stereocenters. The molecule has 1 amide bonds. The zero-order chi connectivity index (χ0) is 17.8. The van der Waals surface area contributed by atoms with E-state index in [4.69, 9.17) is 5.10 Å². The van der Waals surface area contributed by atoms with Crippen LogP contribution in [0.25, 0.3) is 5.69 Å². The first-order chi connectivity index (χ1) is 11.8. The van der Waals surface area contributed by atoms with Gasteiger partial charge >= 0.3 is 0 Å². The highest BCUT2D eigenvalue weighted by atomic mass is 79.9. The van der Waals surface area contributed by atoms with E-state index in [2.05, 4.69) is 33.4 Å². The number of hydrogen-bond donors (Lipinski definition) is 1. The van der Waals surface area contributed by atoms with Gasteiger partial charge in [-0.3, -0.25) is 4.79 Å². The van der Waals surface area contributed by atoms with Gasteiger partial charge in [0.1, 0.15) is 0 Å². The quantitative estimate of drug-likeness (QED) is 0.775. The van der Waals surface area contributed by atoms with Gasteiger partial charge in [-0.2, -0.15) is 5.10 Å². The molecule has 3 aliphatic rings. The number of aromatic nitrogens is 2. The van der Waals surface area contributed by atoms with Crippen molar-refractivity contribution in [3.8, 4) is 5.69 Å².